The van der Waals surface area contributed by atoms with Crippen molar-refractivity contribution in [2.24, 2.45) is 0 Å². The maximum Gasteiger partial charge on any atom is 0.305 e. The van der Waals surface area contributed by atoms with E-state index in [0.717, 1.165) is 5.56 Å². The summed E-state index contributed by atoms with van der Waals surface area (Å²) in [5, 5.41) is 0. The zero-order chi connectivity index (χ0) is 16.7. The standard InChI is InChI=1S/C16H18N2O5/c1-21-12-7-5-11(10-14(12)22-2)6-8-15(19)17-18-16(20)13-4-3-9-23-13/h3-5,7,9-10H,6,8H2,1-2H3,(H,17,19)(H,18,20). The first-order valence-corrected chi connectivity index (χ1v) is 6.97. The van der Waals surface area contributed by atoms with Gasteiger partial charge in [-0.05, 0) is 36.2 Å². The fourth-order valence-corrected chi connectivity index (χ4v) is 1.95. The lowest BCUT2D eigenvalue weighted by molar-refractivity contribution is -0.121. The Bertz CT molecular complexity index is 667. The molecule has 2 amide bonds. The van der Waals surface area contributed by atoms with Gasteiger partial charge in [0, 0.05) is 6.42 Å². The first kappa shape index (κ1) is 16.4. The summed E-state index contributed by atoms with van der Waals surface area (Å²) < 4.78 is 15.3. The number of methoxy groups -OCH3 is 2. The summed E-state index contributed by atoms with van der Waals surface area (Å²) in [6.45, 7) is 0. The van der Waals surface area contributed by atoms with Crippen molar-refractivity contribution in [3.63, 3.8) is 0 Å². The summed E-state index contributed by atoms with van der Waals surface area (Å²) in [4.78, 5) is 23.3. The minimum atomic E-state index is -0.505. The third-order valence-corrected chi connectivity index (χ3v) is 3.15. The molecule has 0 atom stereocenters. The highest BCUT2D eigenvalue weighted by atomic mass is 16.5. The van der Waals surface area contributed by atoms with Crippen LogP contribution in [-0.4, -0.2) is 26.0 Å². The number of nitrogens with one attached hydrogen (secondary N) is 2. The molecule has 0 radical (unpaired) electrons. The number of aryl methyl sites for hydroxylation is 1. The second-order valence-corrected chi connectivity index (χ2v) is 4.67. The Morgan fingerprint density at radius 1 is 1.09 bits per heavy atom. The molecule has 0 aliphatic carbocycles. The van der Waals surface area contributed by atoms with Gasteiger partial charge >= 0.3 is 5.91 Å². The van der Waals surface area contributed by atoms with E-state index in [1.165, 1.54) is 12.3 Å². The van der Waals surface area contributed by atoms with Crippen molar-refractivity contribution < 1.29 is 23.5 Å². The van der Waals surface area contributed by atoms with Crippen LogP contribution in [0.1, 0.15) is 22.5 Å². The van der Waals surface area contributed by atoms with Crippen LogP contribution < -0.4 is 20.3 Å². The minimum Gasteiger partial charge on any atom is -0.493 e. The molecule has 0 saturated carbocycles. The van der Waals surface area contributed by atoms with Crippen LogP contribution >= 0.6 is 0 Å². The van der Waals surface area contributed by atoms with Gasteiger partial charge in [-0.15, -0.1) is 0 Å². The smallest absolute Gasteiger partial charge is 0.305 e. The van der Waals surface area contributed by atoms with Gasteiger partial charge in [0.15, 0.2) is 17.3 Å². The van der Waals surface area contributed by atoms with Gasteiger partial charge in [-0.25, -0.2) is 0 Å². The van der Waals surface area contributed by atoms with Crippen molar-refractivity contribution >= 4 is 11.8 Å². The Hall–Kier alpha value is -2.96. The summed E-state index contributed by atoms with van der Waals surface area (Å²) in [6.07, 6.45) is 2.10. The maximum atomic E-state index is 11.8. The van der Waals surface area contributed by atoms with Crippen LogP contribution in [0.3, 0.4) is 0 Å². The molecule has 0 unspecified atom stereocenters. The van der Waals surface area contributed by atoms with Crippen LogP contribution in [-0.2, 0) is 11.2 Å². The highest BCUT2D eigenvalue weighted by molar-refractivity contribution is 5.92. The minimum absolute atomic E-state index is 0.130. The van der Waals surface area contributed by atoms with E-state index in [0.29, 0.717) is 17.9 Å². The van der Waals surface area contributed by atoms with E-state index in [1.54, 1.807) is 26.4 Å². The molecule has 122 valence electrons. The van der Waals surface area contributed by atoms with E-state index in [4.69, 9.17) is 13.9 Å². The molecule has 0 saturated heterocycles. The number of benzene rings is 1. The molecule has 2 aromatic rings. The van der Waals surface area contributed by atoms with Crippen LogP contribution in [0.4, 0.5) is 0 Å². The van der Waals surface area contributed by atoms with Gasteiger partial charge in [0.05, 0.1) is 20.5 Å². The lowest BCUT2D eigenvalue weighted by Gasteiger charge is -2.10. The molecule has 0 fully saturated rings. The van der Waals surface area contributed by atoms with Crippen molar-refractivity contribution in [2.45, 2.75) is 12.8 Å². The first-order valence-electron chi connectivity index (χ1n) is 6.97. The molecule has 7 heteroatoms. The van der Waals surface area contributed by atoms with Gasteiger partial charge in [-0.1, -0.05) is 6.07 Å². The summed E-state index contributed by atoms with van der Waals surface area (Å²) in [6, 6.07) is 8.55. The Morgan fingerprint density at radius 2 is 1.87 bits per heavy atom. The zero-order valence-electron chi connectivity index (χ0n) is 12.9. The topological polar surface area (TPSA) is 89.8 Å². The number of carbonyl (C=O) groups excluding carboxylic acids is 2. The van der Waals surface area contributed by atoms with E-state index in [9.17, 15) is 9.59 Å². The quantitative estimate of drug-likeness (QED) is 0.791. The summed E-state index contributed by atoms with van der Waals surface area (Å²) >= 11 is 0. The van der Waals surface area contributed by atoms with Crippen molar-refractivity contribution in [1.29, 1.82) is 0 Å². The monoisotopic (exact) mass is 318 g/mol. The van der Waals surface area contributed by atoms with Gasteiger partial charge in [-0.2, -0.15) is 0 Å². The predicted octanol–water partition coefficient (Wildman–Crippen LogP) is 1.69. The molecule has 1 aromatic carbocycles. The second-order valence-electron chi connectivity index (χ2n) is 4.67. The van der Waals surface area contributed by atoms with Gasteiger partial charge in [0.25, 0.3) is 0 Å². The predicted molar refractivity (Wildman–Crippen MR) is 82.2 cm³/mol. The molecule has 0 spiro atoms. The molecule has 23 heavy (non-hydrogen) atoms. The molecular formula is C16H18N2O5. The molecule has 2 N–H and O–H groups in total. The Morgan fingerprint density at radius 3 is 2.52 bits per heavy atom. The fourth-order valence-electron chi connectivity index (χ4n) is 1.95. The molecule has 0 aliphatic heterocycles. The van der Waals surface area contributed by atoms with Gasteiger partial charge in [-0.3, -0.25) is 20.4 Å². The lowest BCUT2D eigenvalue weighted by atomic mass is 10.1. The number of carbonyl (C=O) groups is 2. The van der Waals surface area contributed by atoms with Gasteiger partial charge in [0.1, 0.15) is 0 Å². The van der Waals surface area contributed by atoms with Crippen LogP contribution in [0, 0.1) is 0 Å². The van der Waals surface area contributed by atoms with Crippen molar-refractivity contribution in [3.8, 4) is 11.5 Å². The summed E-state index contributed by atoms with van der Waals surface area (Å²) in [5.41, 5.74) is 5.55. The fraction of sp³-hybridized carbons (Fsp3) is 0.250. The van der Waals surface area contributed by atoms with Crippen molar-refractivity contribution in [3.05, 3.63) is 47.9 Å². The number of hydrazine groups is 1. The summed E-state index contributed by atoms with van der Waals surface area (Å²) in [5.74, 6) is 0.558. The highest BCUT2D eigenvalue weighted by Crippen LogP contribution is 2.27. The Kier molecular flexibility index (Phi) is 5.62. The zero-order valence-corrected chi connectivity index (χ0v) is 12.9. The number of amides is 2. The number of hydrogen-bond acceptors (Lipinski definition) is 5. The largest absolute Gasteiger partial charge is 0.493 e. The molecule has 1 aromatic heterocycles. The second kappa shape index (κ2) is 7.88. The van der Waals surface area contributed by atoms with Crippen LogP contribution in [0.2, 0.25) is 0 Å². The molecule has 7 nitrogen and oxygen atoms in total. The number of hydrogen-bond donors (Lipinski definition) is 2. The van der Waals surface area contributed by atoms with E-state index >= 15 is 0 Å². The summed E-state index contributed by atoms with van der Waals surface area (Å²) in [7, 11) is 3.12. The molecule has 2 rings (SSSR count). The van der Waals surface area contributed by atoms with Crippen molar-refractivity contribution in [1.82, 2.24) is 10.9 Å². The van der Waals surface area contributed by atoms with Gasteiger partial charge < -0.3 is 13.9 Å². The van der Waals surface area contributed by atoms with Crippen LogP contribution in [0.5, 0.6) is 11.5 Å². The van der Waals surface area contributed by atoms with Crippen LogP contribution in [0.25, 0.3) is 0 Å². The third kappa shape index (κ3) is 4.50. The Balaban J connectivity index is 1.81. The van der Waals surface area contributed by atoms with E-state index in [-0.39, 0.29) is 18.1 Å². The van der Waals surface area contributed by atoms with E-state index in [1.807, 2.05) is 12.1 Å². The first-order chi connectivity index (χ1) is 11.1. The number of rotatable bonds is 6. The third-order valence-electron chi connectivity index (χ3n) is 3.15. The SMILES string of the molecule is COc1ccc(CCC(=O)NNC(=O)c2ccco2)cc1OC. The lowest BCUT2D eigenvalue weighted by Crippen LogP contribution is -2.41. The maximum absolute atomic E-state index is 11.8. The van der Waals surface area contributed by atoms with E-state index < -0.39 is 5.91 Å². The van der Waals surface area contributed by atoms with E-state index in [2.05, 4.69) is 10.9 Å². The number of furan rings is 1. The molecule has 0 aliphatic rings. The molecular weight excluding hydrogens is 300 g/mol. The average molecular weight is 318 g/mol. The Labute approximate surface area is 133 Å². The highest BCUT2D eigenvalue weighted by Gasteiger charge is 2.10. The van der Waals surface area contributed by atoms with Gasteiger partial charge in [0.2, 0.25) is 5.91 Å². The van der Waals surface area contributed by atoms with Crippen molar-refractivity contribution in [2.75, 3.05) is 14.2 Å². The average Bonchev–Trinajstić information content (AvgIpc) is 3.12. The molecule has 1 heterocycles. The normalized spacial score (nSPS) is 10.0. The number of ether oxygens (including phenoxy) is 2. The molecule has 0 bridgehead atoms. The van der Waals surface area contributed by atoms with Crippen LogP contribution in [0.15, 0.2) is 41.0 Å².